The predicted molar refractivity (Wildman–Crippen MR) is 139 cm³/mol. The topological polar surface area (TPSA) is 160 Å². The Balaban J connectivity index is 1.39. The summed E-state index contributed by atoms with van der Waals surface area (Å²) < 4.78 is 12.2. The van der Waals surface area contributed by atoms with Crippen molar-refractivity contribution in [2.24, 2.45) is 0 Å². The smallest absolute Gasteiger partial charge is 0.200 e. The molecule has 4 aromatic carbocycles. The molecule has 0 radical (unpaired) electrons. The normalized spacial score (nSPS) is 19.8. The van der Waals surface area contributed by atoms with Gasteiger partial charge in [0, 0.05) is 34.7 Å². The zero-order valence-electron chi connectivity index (χ0n) is 20.6. The molecule has 0 aliphatic carbocycles. The lowest BCUT2D eigenvalue weighted by Crippen LogP contribution is -2.21. The van der Waals surface area contributed by atoms with E-state index in [0.717, 1.165) is 5.56 Å². The molecule has 0 unspecified atom stereocenters. The Morgan fingerprint density at radius 3 is 1.97 bits per heavy atom. The highest BCUT2D eigenvalue weighted by Gasteiger charge is 2.36. The second-order valence-corrected chi connectivity index (χ2v) is 9.90. The molecule has 0 fully saturated rings. The van der Waals surface area contributed by atoms with E-state index in [1.165, 1.54) is 30.3 Å². The molecule has 9 nitrogen and oxygen atoms in total. The van der Waals surface area contributed by atoms with Crippen LogP contribution in [0, 0.1) is 0 Å². The summed E-state index contributed by atoms with van der Waals surface area (Å²) in [7, 11) is 0. The lowest BCUT2D eigenvalue weighted by Gasteiger charge is -2.35. The van der Waals surface area contributed by atoms with Crippen molar-refractivity contribution in [3.8, 4) is 51.7 Å². The van der Waals surface area contributed by atoms with Gasteiger partial charge in [0.2, 0.25) is 0 Å². The van der Waals surface area contributed by atoms with Gasteiger partial charge in [-0.3, -0.25) is 0 Å². The van der Waals surface area contributed by atoms with Crippen molar-refractivity contribution < 1.29 is 45.2 Å². The number of ether oxygens (including phenoxy) is 2. The third kappa shape index (κ3) is 4.21. The van der Waals surface area contributed by atoms with Crippen molar-refractivity contribution in [2.75, 3.05) is 0 Å². The van der Waals surface area contributed by atoms with Gasteiger partial charge in [-0.25, -0.2) is 0 Å². The van der Waals surface area contributed by atoms with Crippen LogP contribution in [-0.2, 0) is 6.42 Å². The number of hydrogen-bond donors (Lipinski definition) is 7. The van der Waals surface area contributed by atoms with Gasteiger partial charge >= 0.3 is 0 Å². The van der Waals surface area contributed by atoms with E-state index < -0.39 is 35.4 Å². The first kappa shape index (κ1) is 24.4. The second kappa shape index (κ2) is 9.13. The maximum absolute atomic E-state index is 11.4. The minimum atomic E-state index is -0.620. The maximum atomic E-state index is 11.4. The van der Waals surface area contributed by atoms with Crippen LogP contribution in [0.25, 0.3) is 0 Å². The third-order valence-electron chi connectivity index (χ3n) is 7.48. The number of aromatic hydroxyl groups is 7. The summed E-state index contributed by atoms with van der Waals surface area (Å²) in [5, 5.41) is 71.9. The molecular weight excluding hydrogens is 504 g/mol. The summed E-state index contributed by atoms with van der Waals surface area (Å²) in [5.74, 6) is -1.52. The molecule has 39 heavy (non-hydrogen) atoms. The first-order chi connectivity index (χ1) is 18.7. The molecule has 0 aromatic heterocycles. The van der Waals surface area contributed by atoms with Crippen molar-refractivity contribution in [1.82, 2.24) is 0 Å². The number of phenols is 7. The quantitative estimate of drug-likeness (QED) is 0.173. The molecule has 4 aromatic rings. The molecule has 0 spiro atoms. The van der Waals surface area contributed by atoms with Crippen LogP contribution >= 0.6 is 0 Å². The zero-order valence-corrected chi connectivity index (χ0v) is 20.6. The summed E-state index contributed by atoms with van der Waals surface area (Å²) >= 11 is 0. The van der Waals surface area contributed by atoms with Gasteiger partial charge in [0.05, 0.1) is 0 Å². The lowest BCUT2D eigenvalue weighted by molar-refractivity contribution is 0.163. The molecule has 2 aliphatic rings. The van der Waals surface area contributed by atoms with E-state index in [9.17, 15) is 35.7 Å². The van der Waals surface area contributed by atoms with E-state index in [-0.39, 0.29) is 28.7 Å². The number of fused-ring (bicyclic) bond motifs is 2. The highest BCUT2D eigenvalue weighted by molar-refractivity contribution is 5.62. The van der Waals surface area contributed by atoms with Crippen molar-refractivity contribution >= 4 is 0 Å². The number of rotatable bonds is 3. The van der Waals surface area contributed by atoms with Gasteiger partial charge in [0.25, 0.3) is 0 Å². The van der Waals surface area contributed by atoms with Crippen molar-refractivity contribution in [3.63, 3.8) is 0 Å². The van der Waals surface area contributed by atoms with E-state index in [4.69, 9.17) is 9.47 Å². The third-order valence-corrected chi connectivity index (χ3v) is 7.48. The molecule has 0 amide bonds. The minimum absolute atomic E-state index is 0.0171. The van der Waals surface area contributed by atoms with Crippen molar-refractivity contribution in [2.45, 2.75) is 37.4 Å². The average Bonchev–Trinajstić information content (AvgIpc) is 2.91. The molecule has 3 atom stereocenters. The molecule has 2 aliphatic heterocycles. The first-order valence-electron chi connectivity index (χ1n) is 12.5. The Bertz CT molecular complexity index is 1560. The zero-order chi connectivity index (χ0) is 27.4. The van der Waals surface area contributed by atoms with Crippen LogP contribution < -0.4 is 9.47 Å². The highest BCUT2D eigenvalue weighted by Crippen LogP contribution is 2.54. The van der Waals surface area contributed by atoms with Gasteiger partial charge in [0.15, 0.2) is 17.2 Å². The van der Waals surface area contributed by atoms with Gasteiger partial charge in [-0.05, 0) is 60.7 Å². The fourth-order valence-corrected chi connectivity index (χ4v) is 5.54. The molecule has 2 heterocycles. The second-order valence-electron chi connectivity index (χ2n) is 9.90. The standard InChI is InChI=1S/C30H26O9/c31-16-3-1-14(2-4-16)25-12-20(18-6-5-17(32)11-26(18)39-25)28-21(33)13-27-19(29(28)36)7-8-24(38-27)15-9-22(34)30(37)23(35)10-15/h1-6,9-11,13,20,24-25,31-37H,7-8,12H2/t20-,24-,25-/m0/s1. The monoisotopic (exact) mass is 530 g/mol. The van der Waals surface area contributed by atoms with Gasteiger partial charge in [0.1, 0.15) is 46.7 Å². The van der Waals surface area contributed by atoms with Crippen LogP contribution in [0.3, 0.4) is 0 Å². The number of phenolic OH excluding ortho intramolecular Hbond substituents is 7. The Kier molecular flexibility index (Phi) is 5.71. The molecule has 9 heteroatoms. The maximum Gasteiger partial charge on any atom is 0.200 e. The Morgan fingerprint density at radius 2 is 1.26 bits per heavy atom. The van der Waals surface area contributed by atoms with Gasteiger partial charge in [-0.15, -0.1) is 0 Å². The lowest BCUT2D eigenvalue weighted by atomic mass is 9.80. The fraction of sp³-hybridized carbons (Fsp3) is 0.200. The summed E-state index contributed by atoms with van der Waals surface area (Å²) in [6, 6.07) is 15.4. The van der Waals surface area contributed by atoms with Crippen LogP contribution in [0.2, 0.25) is 0 Å². The summed E-state index contributed by atoms with van der Waals surface area (Å²) in [6.45, 7) is 0. The van der Waals surface area contributed by atoms with E-state index in [1.807, 2.05) is 0 Å². The SMILES string of the molecule is Oc1ccc([C@@H]2C[C@H](c3c(O)cc4c(c3O)CC[C@@H](c3cc(O)c(O)c(O)c3)O4)c3ccc(O)cc3O2)cc1. The predicted octanol–water partition coefficient (Wildman–Crippen LogP) is 5.35. The van der Waals surface area contributed by atoms with Crippen LogP contribution in [0.15, 0.2) is 60.7 Å². The van der Waals surface area contributed by atoms with E-state index in [0.29, 0.717) is 47.3 Å². The largest absolute Gasteiger partial charge is 0.508 e. The molecule has 200 valence electrons. The first-order valence-corrected chi connectivity index (χ1v) is 12.5. The Labute approximate surface area is 223 Å². The Morgan fingerprint density at radius 1 is 0.590 bits per heavy atom. The van der Waals surface area contributed by atoms with E-state index in [1.54, 1.807) is 30.3 Å². The van der Waals surface area contributed by atoms with E-state index in [2.05, 4.69) is 0 Å². The van der Waals surface area contributed by atoms with Crippen molar-refractivity contribution in [1.29, 1.82) is 0 Å². The number of hydrogen-bond acceptors (Lipinski definition) is 9. The molecule has 0 saturated heterocycles. The molecule has 6 rings (SSSR count). The van der Waals surface area contributed by atoms with Crippen molar-refractivity contribution in [3.05, 3.63) is 88.5 Å². The highest BCUT2D eigenvalue weighted by atomic mass is 16.5. The van der Waals surface area contributed by atoms with Gasteiger partial charge < -0.3 is 45.2 Å². The summed E-state index contributed by atoms with van der Waals surface area (Å²) in [5.41, 5.74) is 2.74. The van der Waals surface area contributed by atoms with Crippen LogP contribution in [0.1, 0.15) is 58.8 Å². The summed E-state index contributed by atoms with van der Waals surface area (Å²) in [4.78, 5) is 0. The van der Waals surface area contributed by atoms with Gasteiger partial charge in [-0.2, -0.15) is 0 Å². The van der Waals surface area contributed by atoms with Gasteiger partial charge in [-0.1, -0.05) is 18.2 Å². The Hall–Kier alpha value is -4.92. The minimum Gasteiger partial charge on any atom is -0.508 e. The molecule has 0 saturated carbocycles. The summed E-state index contributed by atoms with van der Waals surface area (Å²) in [6.07, 6.45) is 0.0930. The average molecular weight is 531 g/mol. The van der Waals surface area contributed by atoms with E-state index >= 15 is 0 Å². The number of benzene rings is 4. The van der Waals surface area contributed by atoms with Crippen LogP contribution in [0.5, 0.6) is 51.7 Å². The fourth-order valence-electron chi connectivity index (χ4n) is 5.54. The van der Waals surface area contributed by atoms with Crippen LogP contribution in [0.4, 0.5) is 0 Å². The molecule has 7 N–H and O–H groups in total. The molecule has 0 bridgehead atoms. The molecular formula is C30H26O9. The van der Waals surface area contributed by atoms with Crippen LogP contribution in [-0.4, -0.2) is 35.7 Å².